The zero-order valence-corrected chi connectivity index (χ0v) is 13.0. The maximum absolute atomic E-state index is 12.0. The summed E-state index contributed by atoms with van der Waals surface area (Å²) in [6, 6.07) is 4.77. The minimum absolute atomic E-state index is 0.0273. The van der Waals surface area contributed by atoms with E-state index in [1.54, 1.807) is 32.0 Å². The van der Waals surface area contributed by atoms with E-state index in [4.69, 9.17) is 27.7 Å². The molecule has 0 aliphatic carbocycles. The van der Waals surface area contributed by atoms with E-state index >= 15 is 0 Å². The maximum Gasteiger partial charge on any atom is 0.256 e. The Bertz CT molecular complexity index is 630. The van der Waals surface area contributed by atoms with Crippen molar-refractivity contribution >= 4 is 29.1 Å². The smallest absolute Gasteiger partial charge is 0.256 e. The molecule has 112 valence electrons. The highest BCUT2D eigenvalue weighted by Gasteiger charge is 2.18. The first-order chi connectivity index (χ1) is 9.88. The Morgan fingerprint density at radius 1 is 1.33 bits per heavy atom. The van der Waals surface area contributed by atoms with Crippen molar-refractivity contribution < 1.29 is 14.4 Å². The summed E-state index contributed by atoms with van der Waals surface area (Å²) in [5.41, 5.74) is 1.42. The van der Waals surface area contributed by atoms with Crippen LogP contribution in [0.15, 0.2) is 22.7 Å². The van der Waals surface area contributed by atoms with Crippen molar-refractivity contribution in [1.82, 2.24) is 10.5 Å². The molecular weight excluding hydrogens is 315 g/mol. The number of carbonyl (C=O) groups excluding carboxylic acids is 1. The first kappa shape index (κ1) is 15.8. The van der Waals surface area contributed by atoms with Gasteiger partial charge in [0.2, 0.25) is 0 Å². The average molecular weight is 329 g/mol. The molecule has 1 aromatic carbocycles. The van der Waals surface area contributed by atoms with Crippen LogP contribution >= 0.6 is 23.2 Å². The van der Waals surface area contributed by atoms with Gasteiger partial charge in [-0.05, 0) is 37.6 Å². The Labute approximate surface area is 131 Å². The van der Waals surface area contributed by atoms with E-state index in [0.29, 0.717) is 32.6 Å². The topological polar surface area (TPSA) is 75.4 Å². The molecule has 2 rings (SSSR count). The quantitative estimate of drug-likeness (QED) is 0.904. The summed E-state index contributed by atoms with van der Waals surface area (Å²) in [5.74, 6) is 0.0868. The molecule has 0 radical (unpaired) electrons. The van der Waals surface area contributed by atoms with Crippen LogP contribution in [-0.2, 0) is 0 Å². The summed E-state index contributed by atoms with van der Waals surface area (Å²) in [5, 5.41) is 17.3. The van der Waals surface area contributed by atoms with Crippen molar-refractivity contribution in [2.45, 2.75) is 20.0 Å². The number of aliphatic hydroxyl groups is 1. The molecule has 5 nitrogen and oxygen atoms in total. The summed E-state index contributed by atoms with van der Waals surface area (Å²) in [7, 11) is 0. The van der Waals surface area contributed by atoms with Crippen molar-refractivity contribution in [3.05, 3.63) is 50.8 Å². The number of hydrogen-bond acceptors (Lipinski definition) is 4. The molecule has 2 N–H and O–H groups in total. The molecule has 0 fully saturated rings. The number of hydrogen-bond donors (Lipinski definition) is 2. The number of nitrogens with zero attached hydrogens (tertiary/aromatic N) is 1. The molecule has 0 aliphatic heterocycles. The predicted octanol–water partition coefficient (Wildman–Crippen LogP) is 3.06. The van der Waals surface area contributed by atoms with Crippen molar-refractivity contribution in [3.8, 4) is 0 Å². The van der Waals surface area contributed by atoms with Gasteiger partial charge in [-0.3, -0.25) is 4.79 Å². The van der Waals surface area contributed by atoms with Crippen molar-refractivity contribution in [3.63, 3.8) is 0 Å². The summed E-state index contributed by atoms with van der Waals surface area (Å²) in [4.78, 5) is 12.0. The maximum atomic E-state index is 12.0. The first-order valence-corrected chi connectivity index (χ1v) is 6.99. The molecule has 0 saturated carbocycles. The van der Waals surface area contributed by atoms with Crippen LogP contribution < -0.4 is 5.32 Å². The molecule has 1 heterocycles. The minimum Gasteiger partial charge on any atom is -0.387 e. The van der Waals surface area contributed by atoms with Gasteiger partial charge < -0.3 is 14.9 Å². The molecule has 2 aromatic rings. The van der Waals surface area contributed by atoms with E-state index in [-0.39, 0.29) is 12.5 Å². The van der Waals surface area contributed by atoms with E-state index in [0.717, 1.165) is 0 Å². The Morgan fingerprint density at radius 2 is 1.95 bits per heavy atom. The zero-order valence-electron chi connectivity index (χ0n) is 11.5. The highest BCUT2D eigenvalue weighted by Crippen LogP contribution is 2.23. The number of rotatable bonds is 4. The summed E-state index contributed by atoms with van der Waals surface area (Å²) in [6.45, 7) is 3.36. The normalized spacial score (nSPS) is 12.2. The van der Waals surface area contributed by atoms with E-state index in [2.05, 4.69) is 10.5 Å². The standard InChI is InChI=1S/C14H14Cl2N2O3/c1-7-13(8(2)21-18-7)14(20)17-6-12(19)9-3-10(15)5-11(16)4-9/h3-5,12,19H,6H2,1-2H3,(H,17,20)/t12-/m1/s1. The monoisotopic (exact) mass is 328 g/mol. The van der Waals surface area contributed by atoms with Crippen molar-refractivity contribution in [2.24, 2.45) is 0 Å². The van der Waals surface area contributed by atoms with Gasteiger partial charge in [0.1, 0.15) is 11.3 Å². The van der Waals surface area contributed by atoms with Crippen LogP contribution in [0.4, 0.5) is 0 Å². The lowest BCUT2D eigenvalue weighted by atomic mass is 10.1. The van der Waals surface area contributed by atoms with E-state index in [9.17, 15) is 9.90 Å². The Balaban J connectivity index is 2.04. The second-order valence-electron chi connectivity index (χ2n) is 4.63. The predicted molar refractivity (Wildman–Crippen MR) is 79.7 cm³/mol. The fourth-order valence-corrected chi connectivity index (χ4v) is 2.51. The van der Waals surface area contributed by atoms with Gasteiger partial charge in [-0.2, -0.15) is 0 Å². The van der Waals surface area contributed by atoms with Gasteiger partial charge in [-0.25, -0.2) is 0 Å². The van der Waals surface area contributed by atoms with Crippen LogP contribution in [0.3, 0.4) is 0 Å². The average Bonchev–Trinajstić information content (AvgIpc) is 2.74. The van der Waals surface area contributed by atoms with E-state index in [1.165, 1.54) is 0 Å². The third-order valence-corrected chi connectivity index (χ3v) is 3.42. The highest BCUT2D eigenvalue weighted by molar-refractivity contribution is 6.34. The molecular formula is C14H14Cl2N2O3. The van der Waals surface area contributed by atoms with E-state index < -0.39 is 6.10 Å². The summed E-state index contributed by atoms with van der Waals surface area (Å²) < 4.78 is 4.93. The number of carbonyl (C=O) groups is 1. The number of halogens is 2. The molecule has 21 heavy (non-hydrogen) atoms. The number of nitrogens with one attached hydrogen (secondary N) is 1. The fourth-order valence-electron chi connectivity index (χ4n) is 1.97. The van der Waals surface area contributed by atoms with Crippen LogP contribution in [0.2, 0.25) is 10.0 Å². The largest absolute Gasteiger partial charge is 0.387 e. The number of aromatic nitrogens is 1. The van der Waals surface area contributed by atoms with Gasteiger partial charge in [-0.1, -0.05) is 28.4 Å². The molecule has 0 bridgehead atoms. The molecule has 7 heteroatoms. The van der Waals surface area contributed by atoms with Crippen molar-refractivity contribution in [2.75, 3.05) is 6.54 Å². The lowest BCUT2D eigenvalue weighted by Gasteiger charge is -2.13. The van der Waals surface area contributed by atoms with Gasteiger partial charge in [0.15, 0.2) is 0 Å². The van der Waals surface area contributed by atoms with Gasteiger partial charge in [0, 0.05) is 16.6 Å². The Kier molecular flexibility index (Phi) is 4.88. The second kappa shape index (κ2) is 6.47. The summed E-state index contributed by atoms with van der Waals surface area (Å²) in [6.07, 6.45) is -0.911. The third kappa shape index (κ3) is 3.75. The summed E-state index contributed by atoms with van der Waals surface area (Å²) >= 11 is 11.8. The molecule has 0 spiro atoms. The molecule has 1 atom stereocenters. The lowest BCUT2D eigenvalue weighted by molar-refractivity contribution is 0.0914. The SMILES string of the molecule is Cc1noc(C)c1C(=O)NC[C@@H](O)c1cc(Cl)cc(Cl)c1. The number of aryl methyl sites for hydroxylation is 2. The van der Waals surface area contributed by atoms with Crippen LogP contribution in [-0.4, -0.2) is 22.7 Å². The van der Waals surface area contributed by atoms with E-state index in [1.807, 2.05) is 0 Å². The van der Waals surface area contributed by atoms with Crippen LogP contribution in [0.5, 0.6) is 0 Å². The number of aliphatic hydroxyl groups excluding tert-OH is 1. The van der Waals surface area contributed by atoms with Gasteiger partial charge in [0.25, 0.3) is 5.91 Å². The zero-order chi connectivity index (χ0) is 15.6. The molecule has 1 aromatic heterocycles. The van der Waals surface area contributed by atoms with Crippen LogP contribution in [0.1, 0.15) is 33.5 Å². The molecule has 0 aliphatic rings. The van der Waals surface area contributed by atoms with Crippen molar-refractivity contribution in [1.29, 1.82) is 0 Å². The lowest BCUT2D eigenvalue weighted by Crippen LogP contribution is -2.29. The molecule has 0 unspecified atom stereocenters. The van der Waals surface area contributed by atoms with Crippen LogP contribution in [0.25, 0.3) is 0 Å². The minimum atomic E-state index is -0.911. The fraction of sp³-hybridized carbons (Fsp3) is 0.286. The number of benzene rings is 1. The number of amides is 1. The van der Waals surface area contributed by atoms with Crippen LogP contribution in [0, 0.1) is 13.8 Å². The second-order valence-corrected chi connectivity index (χ2v) is 5.50. The van der Waals surface area contributed by atoms with Gasteiger partial charge >= 0.3 is 0 Å². The molecule has 1 amide bonds. The third-order valence-electron chi connectivity index (χ3n) is 2.99. The Hall–Kier alpha value is -1.56. The highest BCUT2D eigenvalue weighted by atomic mass is 35.5. The van der Waals surface area contributed by atoms with Gasteiger partial charge in [-0.15, -0.1) is 0 Å². The molecule has 0 saturated heterocycles. The first-order valence-electron chi connectivity index (χ1n) is 6.23. The van der Waals surface area contributed by atoms with Gasteiger partial charge in [0.05, 0.1) is 11.8 Å². The Morgan fingerprint density at radius 3 is 2.48 bits per heavy atom.